The summed E-state index contributed by atoms with van der Waals surface area (Å²) in [5.74, 6) is 1.75. The Bertz CT molecular complexity index is 395. The standard InChI is InChI=1S/C13H19NO2S/c1-16-13-8-11-9-14(4-2-6-17)5-3-10(11)7-12(13)15/h7-8,15,17H,2-6,9H2,1H3. The van der Waals surface area contributed by atoms with Gasteiger partial charge in [-0.2, -0.15) is 12.6 Å². The number of ether oxygens (including phenoxy) is 1. The third-order valence-corrected chi connectivity index (χ3v) is 3.54. The highest BCUT2D eigenvalue weighted by atomic mass is 32.1. The van der Waals surface area contributed by atoms with Crippen molar-refractivity contribution in [3.63, 3.8) is 0 Å². The number of methoxy groups -OCH3 is 1. The lowest BCUT2D eigenvalue weighted by Crippen LogP contribution is -2.31. The molecule has 1 N–H and O–H groups in total. The molecule has 0 unspecified atom stereocenters. The zero-order valence-electron chi connectivity index (χ0n) is 10.1. The number of nitrogens with zero attached hydrogens (tertiary/aromatic N) is 1. The molecule has 0 fully saturated rings. The Labute approximate surface area is 108 Å². The van der Waals surface area contributed by atoms with Crippen molar-refractivity contribution in [2.24, 2.45) is 0 Å². The minimum Gasteiger partial charge on any atom is -0.504 e. The van der Waals surface area contributed by atoms with E-state index in [0.29, 0.717) is 5.75 Å². The fourth-order valence-corrected chi connectivity index (χ4v) is 2.42. The Hall–Kier alpha value is -0.870. The summed E-state index contributed by atoms with van der Waals surface area (Å²) in [6, 6.07) is 3.79. The van der Waals surface area contributed by atoms with Crippen molar-refractivity contribution >= 4 is 12.6 Å². The Balaban J connectivity index is 2.13. The molecule has 0 atom stereocenters. The summed E-state index contributed by atoms with van der Waals surface area (Å²) in [5, 5.41) is 9.73. The minimum atomic E-state index is 0.245. The van der Waals surface area contributed by atoms with Crippen molar-refractivity contribution < 1.29 is 9.84 Å². The molecule has 0 bridgehead atoms. The second kappa shape index (κ2) is 5.65. The van der Waals surface area contributed by atoms with Crippen molar-refractivity contribution in [1.29, 1.82) is 0 Å². The molecule has 0 amide bonds. The van der Waals surface area contributed by atoms with Crippen molar-refractivity contribution in [3.8, 4) is 11.5 Å². The van der Waals surface area contributed by atoms with Crippen LogP contribution in [0.15, 0.2) is 12.1 Å². The van der Waals surface area contributed by atoms with E-state index < -0.39 is 0 Å². The van der Waals surface area contributed by atoms with Crippen LogP contribution in [0.4, 0.5) is 0 Å². The van der Waals surface area contributed by atoms with E-state index in [4.69, 9.17) is 4.74 Å². The third kappa shape index (κ3) is 2.87. The van der Waals surface area contributed by atoms with Crippen LogP contribution in [-0.4, -0.2) is 36.0 Å². The number of thiol groups is 1. The van der Waals surface area contributed by atoms with Crippen LogP contribution >= 0.6 is 12.6 Å². The molecule has 0 aliphatic carbocycles. The van der Waals surface area contributed by atoms with Gasteiger partial charge in [-0.05, 0) is 48.4 Å². The Kier molecular flexibility index (Phi) is 4.18. The number of phenols is 1. The molecular weight excluding hydrogens is 234 g/mol. The lowest BCUT2D eigenvalue weighted by molar-refractivity contribution is 0.254. The molecule has 3 nitrogen and oxygen atoms in total. The van der Waals surface area contributed by atoms with E-state index in [-0.39, 0.29) is 5.75 Å². The summed E-state index contributed by atoms with van der Waals surface area (Å²) in [4.78, 5) is 2.43. The van der Waals surface area contributed by atoms with Crippen molar-refractivity contribution in [2.45, 2.75) is 19.4 Å². The van der Waals surface area contributed by atoms with Crippen LogP contribution in [0, 0.1) is 0 Å². The first-order valence-corrected chi connectivity index (χ1v) is 6.60. The number of hydrogen-bond donors (Lipinski definition) is 2. The lowest BCUT2D eigenvalue weighted by Gasteiger charge is -2.29. The number of fused-ring (bicyclic) bond motifs is 1. The first kappa shape index (κ1) is 12.6. The zero-order valence-corrected chi connectivity index (χ0v) is 11.0. The van der Waals surface area contributed by atoms with E-state index in [1.54, 1.807) is 7.11 Å². The molecule has 94 valence electrons. The van der Waals surface area contributed by atoms with Crippen molar-refractivity contribution in [3.05, 3.63) is 23.3 Å². The van der Waals surface area contributed by atoms with E-state index in [1.807, 2.05) is 12.1 Å². The predicted molar refractivity (Wildman–Crippen MR) is 72.1 cm³/mol. The van der Waals surface area contributed by atoms with Gasteiger partial charge in [-0.3, -0.25) is 4.90 Å². The molecule has 0 saturated carbocycles. The molecule has 4 heteroatoms. The van der Waals surface area contributed by atoms with Gasteiger partial charge in [-0.25, -0.2) is 0 Å². The highest BCUT2D eigenvalue weighted by molar-refractivity contribution is 7.80. The average Bonchev–Trinajstić information content (AvgIpc) is 2.35. The highest BCUT2D eigenvalue weighted by Gasteiger charge is 2.18. The van der Waals surface area contributed by atoms with Gasteiger partial charge in [0.05, 0.1) is 7.11 Å². The van der Waals surface area contributed by atoms with E-state index in [1.165, 1.54) is 11.1 Å². The summed E-state index contributed by atoms with van der Waals surface area (Å²) >= 11 is 4.24. The van der Waals surface area contributed by atoms with E-state index in [9.17, 15) is 5.11 Å². The monoisotopic (exact) mass is 253 g/mol. The molecule has 17 heavy (non-hydrogen) atoms. The van der Waals surface area contributed by atoms with Gasteiger partial charge in [0, 0.05) is 13.1 Å². The average molecular weight is 253 g/mol. The van der Waals surface area contributed by atoms with Gasteiger partial charge in [-0.1, -0.05) is 0 Å². The van der Waals surface area contributed by atoms with Crippen LogP contribution in [0.2, 0.25) is 0 Å². The van der Waals surface area contributed by atoms with Crippen LogP contribution in [0.1, 0.15) is 17.5 Å². The molecule has 1 aromatic rings. The SMILES string of the molecule is COc1cc2c(cc1O)CCN(CCCS)C2. The fraction of sp³-hybridized carbons (Fsp3) is 0.538. The largest absolute Gasteiger partial charge is 0.504 e. The summed E-state index contributed by atoms with van der Waals surface area (Å²) < 4.78 is 5.15. The smallest absolute Gasteiger partial charge is 0.160 e. The zero-order chi connectivity index (χ0) is 12.3. The number of benzene rings is 1. The molecule has 1 aliphatic heterocycles. The topological polar surface area (TPSA) is 32.7 Å². The molecule has 0 aromatic heterocycles. The molecule has 1 aliphatic rings. The number of hydrogen-bond acceptors (Lipinski definition) is 4. The van der Waals surface area contributed by atoms with Gasteiger partial charge in [-0.15, -0.1) is 0 Å². The fourth-order valence-electron chi connectivity index (χ4n) is 2.28. The van der Waals surface area contributed by atoms with Gasteiger partial charge in [0.2, 0.25) is 0 Å². The summed E-state index contributed by atoms with van der Waals surface area (Å²) in [6.07, 6.45) is 2.12. The van der Waals surface area contributed by atoms with Crippen LogP contribution in [0.3, 0.4) is 0 Å². The first-order chi connectivity index (χ1) is 8.24. The number of rotatable bonds is 4. The lowest BCUT2D eigenvalue weighted by atomic mass is 9.99. The normalized spacial score (nSPS) is 15.6. The van der Waals surface area contributed by atoms with Crippen LogP contribution in [0.25, 0.3) is 0 Å². The molecule has 0 spiro atoms. The molecule has 0 saturated heterocycles. The van der Waals surface area contributed by atoms with E-state index in [0.717, 1.165) is 38.2 Å². The minimum absolute atomic E-state index is 0.245. The maximum absolute atomic E-state index is 9.73. The first-order valence-electron chi connectivity index (χ1n) is 5.96. The van der Waals surface area contributed by atoms with Gasteiger partial charge >= 0.3 is 0 Å². The Morgan fingerprint density at radius 1 is 1.41 bits per heavy atom. The second-order valence-electron chi connectivity index (χ2n) is 4.40. The second-order valence-corrected chi connectivity index (χ2v) is 4.84. The van der Waals surface area contributed by atoms with Gasteiger partial charge in [0.15, 0.2) is 11.5 Å². The van der Waals surface area contributed by atoms with Crippen molar-refractivity contribution in [1.82, 2.24) is 4.90 Å². The van der Waals surface area contributed by atoms with E-state index in [2.05, 4.69) is 17.5 Å². The van der Waals surface area contributed by atoms with E-state index >= 15 is 0 Å². The van der Waals surface area contributed by atoms with Gasteiger partial charge < -0.3 is 9.84 Å². The molecule has 2 rings (SSSR count). The summed E-state index contributed by atoms with van der Waals surface area (Å²) in [5.41, 5.74) is 2.51. The Morgan fingerprint density at radius 3 is 2.94 bits per heavy atom. The van der Waals surface area contributed by atoms with Crippen LogP contribution < -0.4 is 4.74 Å². The summed E-state index contributed by atoms with van der Waals surface area (Å²) in [6.45, 7) is 3.10. The highest BCUT2D eigenvalue weighted by Crippen LogP contribution is 2.32. The third-order valence-electron chi connectivity index (χ3n) is 3.22. The molecule has 1 aromatic carbocycles. The van der Waals surface area contributed by atoms with Gasteiger partial charge in [0.1, 0.15) is 0 Å². The Morgan fingerprint density at radius 2 is 2.24 bits per heavy atom. The molecule has 0 radical (unpaired) electrons. The van der Waals surface area contributed by atoms with Gasteiger partial charge in [0.25, 0.3) is 0 Å². The maximum atomic E-state index is 9.73. The van der Waals surface area contributed by atoms with Crippen LogP contribution in [-0.2, 0) is 13.0 Å². The number of aromatic hydroxyl groups is 1. The maximum Gasteiger partial charge on any atom is 0.160 e. The predicted octanol–water partition coefficient (Wildman–Crippen LogP) is 2.08. The van der Waals surface area contributed by atoms with Crippen molar-refractivity contribution in [2.75, 3.05) is 26.0 Å². The molecule has 1 heterocycles. The van der Waals surface area contributed by atoms with Crippen LogP contribution in [0.5, 0.6) is 11.5 Å². The number of phenolic OH excluding ortho intramolecular Hbond substituents is 1. The molecular formula is C13H19NO2S. The summed E-state index contributed by atoms with van der Waals surface area (Å²) in [7, 11) is 1.59. The quantitative estimate of drug-likeness (QED) is 0.806.